The number of hydrogen-bond acceptors (Lipinski definition) is 3. The van der Waals surface area contributed by atoms with Gasteiger partial charge in [0.15, 0.2) is 0 Å². The number of fused-ring (bicyclic) bond motifs is 1. The number of nitrogens with one attached hydrogen (secondary N) is 1. The fraction of sp³-hybridized carbons (Fsp3) is 0.286. The lowest BCUT2D eigenvalue weighted by Gasteiger charge is -2.36. The maximum atomic E-state index is 5.71. The molecule has 1 aromatic heterocycles. The van der Waals surface area contributed by atoms with Crippen LogP contribution < -0.4 is 11.3 Å². The smallest absolute Gasteiger partial charge is 0.0323 e. The summed E-state index contributed by atoms with van der Waals surface area (Å²) in [6, 6.07) is 11.2. The molecule has 0 bridgehead atoms. The second-order valence-electron chi connectivity index (χ2n) is 4.62. The number of hydrogen-bond donors (Lipinski definition) is 2. The average Bonchev–Trinajstić information content (AvgIpc) is 2.82. The molecule has 0 radical (unpaired) electrons. The Balaban J connectivity index is 1.76. The van der Waals surface area contributed by atoms with Crippen molar-refractivity contribution in [3.63, 3.8) is 0 Å². The highest BCUT2D eigenvalue weighted by Crippen LogP contribution is 2.38. The normalized spacial score (nSPS) is 19.5. The van der Waals surface area contributed by atoms with E-state index >= 15 is 0 Å². The Hall–Kier alpha value is -1.16. The maximum Gasteiger partial charge on any atom is 0.0323 e. The van der Waals surface area contributed by atoms with Gasteiger partial charge in [-0.1, -0.05) is 24.3 Å². The van der Waals surface area contributed by atoms with E-state index in [0.29, 0.717) is 12.0 Å². The predicted molar refractivity (Wildman–Crippen MR) is 72.0 cm³/mol. The summed E-state index contributed by atoms with van der Waals surface area (Å²) in [7, 11) is 0. The first kappa shape index (κ1) is 11.0. The summed E-state index contributed by atoms with van der Waals surface area (Å²) < 4.78 is 0. The highest BCUT2D eigenvalue weighted by atomic mass is 32.1. The summed E-state index contributed by atoms with van der Waals surface area (Å²) in [5.41, 5.74) is 7.30. The van der Waals surface area contributed by atoms with Crippen LogP contribution in [0.2, 0.25) is 0 Å². The number of thiophene rings is 1. The minimum Gasteiger partial charge on any atom is -0.271 e. The van der Waals surface area contributed by atoms with Gasteiger partial charge in [-0.05, 0) is 46.4 Å². The zero-order valence-electron chi connectivity index (χ0n) is 9.60. The van der Waals surface area contributed by atoms with Crippen molar-refractivity contribution in [3.8, 4) is 0 Å². The van der Waals surface area contributed by atoms with Gasteiger partial charge in [0.2, 0.25) is 0 Å². The Morgan fingerprint density at radius 1 is 1.35 bits per heavy atom. The van der Waals surface area contributed by atoms with Crippen LogP contribution in [0.3, 0.4) is 0 Å². The van der Waals surface area contributed by atoms with Crippen LogP contribution in [0.1, 0.15) is 22.6 Å². The van der Waals surface area contributed by atoms with Gasteiger partial charge in [-0.25, -0.2) is 0 Å². The Labute approximate surface area is 105 Å². The zero-order chi connectivity index (χ0) is 11.7. The number of hydrazine groups is 1. The first-order valence-electron chi connectivity index (χ1n) is 5.93. The molecule has 1 aliphatic rings. The topological polar surface area (TPSA) is 38.0 Å². The molecule has 0 saturated heterocycles. The predicted octanol–water partition coefficient (Wildman–Crippen LogP) is 2.46. The molecule has 0 amide bonds. The van der Waals surface area contributed by atoms with Gasteiger partial charge < -0.3 is 0 Å². The lowest BCUT2D eigenvalue weighted by atomic mass is 9.72. The molecule has 1 aromatic carbocycles. The van der Waals surface area contributed by atoms with Crippen LogP contribution in [-0.4, -0.2) is 6.04 Å². The molecule has 1 heterocycles. The van der Waals surface area contributed by atoms with Crippen molar-refractivity contribution in [1.82, 2.24) is 5.43 Å². The third-order valence-electron chi connectivity index (χ3n) is 3.63. The van der Waals surface area contributed by atoms with E-state index in [2.05, 4.69) is 46.5 Å². The molecule has 1 aliphatic carbocycles. The molecule has 88 valence electrons. The van der Waals surface area contributed by atoms with Gasteiger partial charge in [0.25, 0.3) is 0 Å². The monoisotopic (exact) mass is 244 g/mol. The molecule has 3 rings (SSSR count). The van der Waals surface area contributed by atoms with Crippen LogP contribution in [-0.2, 0) is 12.8 Å². The van der Waals surface area contributed by atoms with Gasteiger partial charge in [-0.3, -0.25) is 11.3 Å². The van der Waals surface area contributed by atoms with Crippen molar-refractivity contribution in [2.24, 2.45) is 5.84 Å². The third kappa shape index (κ3) is 2.02. The van der Waals surface area contributed by atoms with Crippen LogP contribution in [0.15, 0.2) is 41.1 Å². The van der Waals surface area contributed by atoms with Gasteiger partial charge in [-0.2, -0.15) is 11.3 Å². The van der Waals surface area contributed by atoms with Crippen LogP contribution in [0.25, 0.3) is 0 Å². The summed E-state index contributed by atoms with van der Waals surface area (Å²) >= 11 is 1.75. The molecule has 0 saturated carbocycles. The molecular weight excluding hydrogens is 228 g/mol. The highest BCUT2D eigenvalue weighted by molar-refractivity contribution is 7.07. The van der Waals surface area contributed by atoms with Crippen LogP contribution in [0.4, 0.5) is 0 Å². The SMILES string of the molecule is NNC(Cc1ccsc1)C1Cc2ccccc21. The third-order valence-corrected chi connectivity index (χ3v) is 4.36. The Bertz CT molecular complexity index is 493. The second kappa shape index (κ2) is 4.61. The molecule has 2 aromatic rings. The van der Waals surface area contributed by atoms with Crippen molar-refractivity contribution >= 4 is 11.3 Å². The summed E-state index contributed by atoms with van der Waals surface area (Å²) in [5.74, 6) is 6.28. The van der Waals surface area contributed by atoms with E-state index in [1.54, 1.807) is 11.3 Å². The molecule has 0 spiro atoms. The molecule has 17 heavy (non-hydrogen) atoms. The molecule has 2 atom stereocenters. The number of rotatable bonds is 4. The molecule has 2 nitrogen and oxygen atoms in total. The van der Waals surface area contributed by atoms with Crippen molar-refractivity contribution in [3.05, 3.63) is 57.8 Å². The van der Waals surface area contributed by atoms with Crippen LogP contribution >= 0.6 is 11.3 Å². The van der Waals surface area contributed by atoms with E-state index in [1.165, 1.54) is 16.7 Å². The summed E-state index contributed by atoms with van der Waals surface area (Å²) in [6.45, 7) is 0. The Kier molecular flexibility index (Phi) is 2.97. The fourth-order valence-corrected chi connectivity index (χ4v) is 3.32. The first-order chi connectivity index (χ1) is 8.38. The van der Waals surface area contributed by atoms with E-state index in [0.717, 1.165) is 12.8 Å². The first-order valence-corrected chi connectivity index (χ1v) is 6.88. The molecule has 3 heteroatoms. The lowest BCUT2D eigenvalue weighted by molar-refractivity contribution is 0.404. The molecule has 3 N–H and O–H groups in total. The van der Waals surface area contributed by atoms with Crippen molar-refractivity contribution in [1.29, 1.82) is 0 Å². The van der Waals surface area contributed by atoms with Crippen molar-refractivity contribution < 1.29 is 0 Å². The molecule has 0 aliphatic heterocycles. The van der Waals surface area contributed by atoms with E-state index in [4.69, 9.17) is 5.84 Å². The lowest BCUT2D eigenvalue weighted by Crippen LogP contribution is -2.45. The van der Waals surface area contributed by atoms with E-state index in [-0.39, 0.29) is 0 Å². The second-order valence-corrected chi connectivity index (χ2v) is 5.40. The molecular formula is C14H16N2S. The van der Waals surface area contributed by atoms with Crippen molar-refractivity contribution in [2.45, 2.75) is 24.8 Å². The van der Waals surface area contributed by atoms with Gasteiger partial charge in [0.1, 0.15) is 0 Å². The van der Waals surface area contributed by atoms with Gasteiger partial charge >= 0.3 is 0 Å². The van der Waals surface area contributed by atoms with Crippen LogP contribution in [0.5, 0.6) is 0 Å². The fourth-order valence-electron chi connectivity index (χ4n) is 2.64. The minimum absolute atomic E-state index is 0.347. The highest BCUT2D eigenvalue weighted by Gasteiger charge is 2.32. The van der Waals surface area contributed by atoms with Crippen LogP contribution in [0, 0.1) is 0 Å². The Morgan fingerprint density at radius 2 is 2.24 bits per heavy atom. The molecule has 2 unspecified atom stereocenters. The molecule has 0 fully saturated rings. The Morgan fingerprint density at radius 3 is 2.94 bits per heavy atom. The summed E-state index contributed by atoms with van der Waals surface area (Å²) in [4.78, 5) is 0. The van der Waals surface area contributed by atoms with Gasteiger partial charge in [0.05, 0.1) is 0 Å². The average molecular weight is 244 g/mol. The van der Waals surface area contributed by atoms with Crippen molar-refractivity contribution in [2.75, 3.05) is 0 Å². The number of nitrogens with two attached hydrogens (primary N) is 1. The zero-order valence-corrected chi connectivity index (χ0v) is 10.4. The quantitative estimate of drug-likeness (QED) is 0.640. The number of benzene rings is 1. The summed E-state index contributed by atoms with van der Waals surface area (Å²) in [6.07, 6.45) is 2.16. The summed E-state index contributed by atoms with van der Waals surface area (Å²) in [5, 5.41) is 4.33. The minimum atomic E-state index is 0.347. The van der Waals surface area contributed by atoms with E-state index in [9.17, 15) is 0 Å². The maximum absolute atomic E-state index is 5.71. The standard InChI is InChI=1S/C14H16N2S/c15-16-14(7-10-5-6-17-9-10)13-8-11-3-1-2-4-12(11)13/h1-6,9,13-14,16H,7-8,15H2. The van der Waals surface area contributed by atoms with E-state index < -0.39 is 0 Å². The van der Waals surface area contributed by atoms with Gasteiger partial charge in [-0.15, -0.1) is 0 Å². The van der Waals surface area contributed by atoms with Gasteiger partial charge in [0, 0.05) is 12.0 Å². The largest absolute Gasteiger partial charge is 0.271 e. The van der Waals surface area contributed by atoms with E-state index in [1.807, 2.05) is 0 Å².